The van der Waals surface area contributed by atoms with Crippen LogP contribution in [0.25, 0.3) is 0 Å². The Balaban J connectivity index is 1.54. The Hall–Kier alpha value is -1.02. The lowest BCUT2D eigenvalue weighted by molar-refractivity contribution is 0.309. The predicted octanol–water partition coefficient (Wildman–Crippen LogP) is 3.78. The SMILES string of the molecule is COc1cccc([C@@H](C)NCC2CC3CCC2C3)c1. The molecule has 3 rings (SSSR count). The molecule has 1 aromatic carbocycles. The van der Waals surface area contributed by atoms with Crippen molar-refractivity contribution < 1.29 is 4.74 Å². The summed E-state index contributed by atoms with van der Waals surface area (Å²) in [5.41, 5.74) is 1.32. The Morgan fingerprint density at radius 2 is 2.21 bits per heavy atom. The number of methoxy groups -OCH3 is 1. The fourth-order valence-corrected chi connectivity index (χ4v) is 3.98. The van der Waals surface area contributed by atoms with E-state index in [1.165, 1.54) is 37.8 Å². The Kier molecular flexibility index (Phi) is 3.79. The molecule has 0 spiro atoms. The highest BCUT2D eigenvalue weighted by molar-refractivity contribution is 5.30. The minimum absolute atomic E-state index is 0.411. The standard InChI is InChI=1S/C17H25NO/c1-12(14-4-3-5-17(10-14)19-2)18-11-16-9-13-6-7-15(16)8-13/h3-5,10,12-13,15-16,18H,6-9,11H2,1-2H3/t12-,13?,15?,16?/m1/s1. The quantitative estimate of drug-likeness (QED) is 0.869. The van der Waals surface area contributed by atoms with Gasteiger partial charge >= 0.3 is 0 Å². The van der Waals surface area contributed by atoms with Crippen molar-refractivity contribution in [2.75, 3.05) is 13.7 Å². The average molecular weight is 259 g/mol. The van der Waals surface area contributed by atoms with Gasteiger partial charge in [-0.2, -0.15) is 0 Å². The molecule has 104 valence electrons. The number of rotatable bonds is 5. The van der Waals surface area contributed by atoms with Gasteiger partial charge in [0.1, 0.15) is 5.75 Å². The third kappa shape index (κ3) is 2.79. The van der Waals surface area contributed by atoms with Gasteiger partial charge in [0.05, 0.1) is 7.11 Å². The van der Waals surface area contributed by atoms with Crippen molar-refractivity contribution in [1.82, 2.24) is 5.32 Å². The maximum Gasteiger partial charge on any atom is 0.119 e. The van der Waals surface area contributed by atoms with Crippen LogP contribution in [0.3, 0.4) is 0 Å². The van der Waals surface area contributed by atoms with Crippen LogP contribution in [0.2, 0.25) is 0 Å². The van der Waals surface area contributed by atoms with Crippen LogP contribution in [0.1, 0.15) is 44.2 Å². The number of benzene rings is 1. The van der Waals surface area contributed by atoms with Gasteiger partial charge in [-0.3, -0.25) is 0 Å². The fourth-order valence-electron chi connectivity index (χ4n) is 3.98. The first-order valence-corrected chi connectivity index (χ1v) is 7.63. The van der Waals surface area contributed by atoms with E-state index in [0.29, 0.717) is 6.04 Å². The number of nitrogens with one attached hydrogen (secondary N) is 1. The van der Waals surface area contributed by atoms with Crippen molar-refractivity contribution in [3.63, 3.8) is 0 Å². The van der Waals surface area contributed by atoms with Crippen LogP contribution in [0, 0.1) is 17.8 Å². The van der Waals surface area contributed by atoms with E-state index in [2.05, 4.69) is 30.4 Å². The Labute approximate surface area is 116 Å². The number of ether oxygens (including phenoxy) is 1. The van der Waals surface area contributed by atoms with Gasteiger partial charge in [-0.05, 0) is 68.2 Å². The summed E-state index contributed by atoms with van der Waals surface area (Å²) in [6.45, 7) is 3.43. The lowest BCUT2D eigenvalue weighted by atomic mass is 9.88. The molecule has 0 aromatic heterocycles. The van der Waals surface area contributed by atoms with E-state index in [-0.39, 0.29) is 0 Å². The summed E-state index contributed by atoms with van der Waals surface area (Å²) in [5, 5.41) is 3.72. The zero-order valence-electron chi connectivity index (χ0n) is 12.1. The summed E-state index contributed by atoms with van der Waals surface area (Å²) in [5.74, 6) is 3.93. The molecule has 2 bridgehead atoms. The first kappa shape index (κ1) is 13.0. The maximum atomic E-state index is 5.30. The Morgan fingerprint density at radius 1 is 1.32 bits per heavy atom. The first-order chi connectivity index (χ1) is 9.26. The zero-order valence-corrected chi connectivity index (χ0v) is 12.1. The highest BCUT2D eigenvalue weighted by Crippen LogP contribution is 2.48. The molecule has 2 aliphatic rings. The van der Waals surface area contributed by atoms with E-state index in [0.717, 1.165) is 23.5 Å². The normalized spacial score (nSPS) is 30.5. The van der Waals surface area contributed by atoms with Gasteiger partial charge in [-0.1, -0.05) is 18.6 Å². The van der Waals surface area contributed by atoms with Crippen molar-refractivity contribution in [3.8, 4) is 5.75 Å². The third-order valence-electron chi connectivity index (χ3n) is 5.16. The van der Waals surface area contributed by atoms with Crippen molar-refractivity contribution >= 4 is 0 Å². The molecular formula is C17H25NO. The first-order valence-electron chi connectivity index (χ1n) is 7.63. The highest BCUT2D eigenvalue weighted by atomic mass is 16.5. The topological polar surface area (TPSA) is 21.3 Å². The van der Waals surface area contributed by atoms with Crippen molar-refractivity contribution in [2.24, 2.45) is 17.8 Å². The molecule has 2 heteroatoms. The second-order valence-corrected chi connectivity index (χ2v) is 6.34. The average Bonchev–Trinajstić information content (AvgIpc) is 3.07. The summed E-state index contributed by atoms with van der Waals surface area (Å²) in [7, 11) is 1.73. The van der Waals surface area contributed by atoms with Gasteiger partial charge in [0, 0.05) is 6.04 Å². The van der Waals surface area contributed by atoms with E-state index < -0.39 is 0 Å². The summed E-state index contributed by atoms with van der Waals surface area (Å²) < 4.78 is 5.30. The highest BCUT2D eigenvalue weighted by Gasteiger charge is 2.39. The lowest BCUT2D eigenvalue weighted by Crippen LogP contribution is -2.28. The van der Waals surface area contributed by atoms with Crippen LogP contribution >= 0.6 is 0 Å². The van der Waals surface area contributed by atoms with Gasteiger partial charge in [0.15, 0.2) is 0 Å². The van der Waals surface area contributed by atoms with Crippen LogP contribution in [-0.2, 0) is 0 Å². The number of fused-ring (bicyclic) bond motifs is 2. The molecule has 0 saturated heterocycles. The van der Waals surface area contributed by atoms with Crippen LogP contribution < -0.4 is 10.1 Å². The van der Waals surface area contributed by atoms with Gasteiger partial charge < -0.3 is 10.1 Å². The maximum absolute atomic E-state index is 5.30. The van der Waals surface area contributed by atoms with Crippen LogP contribution in [0.4, 0.5) is 0 Å². The van der Waals surface area contributed by atoms with E-state index in [1.54, 1.807) is 7.11 Å². The van der Waals surface area contributed by atoms with Gasteiger partial charge in [-0.25, -0.2) is 0 Å². The smallest absolute Gasteiger partial charge is 0.119 e. The fraction of sp³-hybridized carbons (Fsp3) is 0.647. The second-order valence-electron chi connectivity index (χ2n) is 6.34. The summed E-state index contributed by atoms with van der Waals surface area (Å²) >= 11 is 0. The number of hydrogen-bond acceptors (Lipinski definition) is 2. The molecule has 2 fully saturated rings. The van der Waals surface area contributed by atoms with E-state index in [1.807, 2.05) is 6.07 Å². The molecule has 1 N–H and O–H groups in total. The molecule has 2 saturated carbocycles. The molecule has 2 nitrogen and oxygen atoms in total. The third-order valence-corrected chi connectivity index (χ3v) is 5.16. The van der Waals surface area contributed by atoms with Crippen molar-refractivity contribution in [1.29, 1.82) is 0 Å². The molecule has 1 aromatic rings. The molecule has 0 amide bonds. The van der Waals surface area contributed by atoms with Crippen molar-refractivity contribution in [2.45, 2.75) is 38.6 Å². The minimum atomic E-state index is 0.411. The Bertz CT molecular complexity index is 431. The largest absolute Gasteiger partial charge is 0.497 e. The van der Waals surface area contributed by atoms with Gasteiger partial charge in [-0.15, -0.1) is 0 Å². The Morgan fingerprint density at radius 3 is 2.89 bits per heavy atom. The summed E-state index contributed by atoms with van der Waals surface area (Å²) in [4.78, 5) is 0. The van der Waals surface area contributed by atoms with Crippen LogP contribution in [-0.4, -0.2) is 13.7 Å². The predicted molar refractivity (Wildman–Crippen MR) is 78.3 cm³/mol. The van der Waals surface area contributed by atoms with Gasteiger partial charge in [0.25, 0.3) is 0 Å². The molecule has 4 atom stereocenters. The molecule has 0 radical (unpaired) electrons. The second kappa shape index (κ2) is 5.54. The van der Waals surface area contributed by atoms with Gasteiger partial charge in [0.2, 0.25) is 0 Å². The van der Waals surface area contributed by atoms with E-state index >= 15 is 0 Å². The molecular weight excluding hydrogens is 234 g/mol. The summed E-state index contributed by atoms with van der Waals surface area (Å²) in [6.07, 6.45) is 5.93. The number of hydrogen-bond donors (Lipinski definition) is 1. The molecule has 2 aliphatic carbocycles. The molecule has 0 aliphatic heterocycles. The van der Waals surface area contributed by atoms with Crippen LogP contribution in [0.5, 0.6) is 5.75 Å². The van der Waals surface area contributed by atoms with Crippen molar-refractivity contribution in [3.05, 3.63) is 29.8 Å². The van der Waals surface area contributed by atoms with E-state index in [4.69, 9.17) is 4.74 Å². The van der Waals surface area contributed by atoms with Crippen LogP contribution in [0.15, 0.2) is 24.3 Å². The zero-order chi connectivity index (χ0) is 13.2. The minimum Gasteiger partial charge on any atom is -0.497 e. The molecule has 19 heavy (non-hydrogen) atoms. The summed E-state index contributed by atoms with van der Waals surface area (Å²) in [6, 6.07) is 8.81. The monoisotopic (exact) mass is 259 g/mol. The lowest BCUT2D eigenvalue weighted by Gasteiger charge is -2.24. The molecule has 0 heterocycles. The van der Waals surface area contributed by atoms with E-state index in [9.17, 15) is 0 Å². The molecule has 3 unspecified atom stereocenters.